The summed E-state index contributed by atoms with van der Waals surface area (Å²) in [6.07, 6.45) is 0. The molecule has 2 aromatic rings. The van der Waals surface area contributed by atoms with Crippen LogP contribution in [0.4, 0.5) is 20.4 Å². The Morgan fingerprint density at radius 3 is 2.50 bits per heavy atom. The molecule has 6 nitrogen and oxygen atoms in total. The maximum absolute atomic E-state index is 13.4. The number of nitrogens with one attached hydrogen (secondary N) is 1. The average molecular weight is 361 g/mol. The number of carbonyl (C=O) groups excluding carboxylic acids is 1. The van der Waals surface area contributed by atoms with Crippen LogP contribution in [0.2, 0.25) is 0 Å². The summed E-state index contributed by atoms with van der Waals surface area (Å²) < 4.78 is 26.4. The van der Waals surface area contributed by atoms with Crippen molar-refractivity contribution >= 4 is 17.5 Å². The van der Waals surface area contributed by atoms with Crippen molar-refractivity contribution in [1.29, 1.82) is 0 Å². The minimum absolute atomic E-state index is 0.157. The number of amides is 1. The van der Waals surface area contributed by atoms with Crippen LogP contribution in [0.3, 0.4) is 0 Å². The van der Waals surface area contributed by atoms with Gasteiger partial charge in [-0.2, -0.15) is 0 Å². The first-order valence-electron chi connectivity index (χ1n) is 8.56. The van der Waals surface area contributed by atoms with Gasteiger partial charge in [-0.1, -0.05) is 0 Å². The molecule has 1 fully saturated rings. The Bertz CT molecular complexity index is 806. The highest BCUT2D eigenvalue weighted by Gasteiger charge is 2.24. The lowest BCUT2D eigenvalue weighted by molar-refractivity contribution is 0.0746. The van der Waals surface area contributed by atoms with E-state index in [1.54, 1.807) is 4.90 Å². The molecule has 0 radical (unpaired) electrons. The first kappa shape index (κ1) is 18.0. The van der Waals surface area contributed by atoms with Crippen LogP contribution in [0.15, 0.2) is 24.3 Å². The van der Waals surface area contributed by atoms with Gasteiger partial charge in [0, 0.05) is 44.4 Å². The minimum Gasteiger partial charge on any atom is -0.370 e. The molecule has 1 amide bonds. The molecule has 8 heteroatoms. The first-order chi connectivity index (χ1) is 12.5. The Hall–Kier alpha value is -2.77. The van der Waals surface area contributed by atoms with Gasteiger partial charge >= 0.3 is 0 Å². The zero-order valence-electron chi connectivity index (χ0n) is 14.8. The number of carbonyl (C=O) groups is 1. The van der Waals surface area contributed by atoms with Crippen LogP contribution in [-0.4, -0.2) is 53.5 Å². The van der Waals surface area contributed by atoms with Crippen LogP contribution in [-0.2, 0) is 0 Å². The summed E-state index contributed by atoms with van der Waals surface area (Å²) in [6, 6.07) is 5.12. The van der Waals surface area contributed by atoms with Gasteiger partial charge in [0.05, 0.1) is 0 Å². The Morgan fingerprint density at radius 2 is 1.85 bits per heavy atom. The lowest BCUT2D eigenvalue weighted by Crippen LogP contribution is -2.49. The molecule has 1 aromatic carbocycles. The Balaban J connectivity index is 1.67. The van der Waals surface area contributed by atoms with E-state index in [1.807, 2.05) is 19.9 Å². The highest BCUT2D eigenvalue weighted by Crippen LogP contribution is 2.19. The summed E-state index contributed by atoms with van der Waals surface area (Å²) in [6.45, 7) is 6.79. The smallest absolute Gasteiger partial charge is 0.254 e. The van der Waals surface area contributed by atoms with Gasteiger partial charge in [0.25, 0.3) is 5.91 Å². The van der Waals surface area contributed by atoms with Crippen molar-refractivity contribution in [3.63, 3.8) is 0 Å². The molecule has 0 bridgehead atoms. The van der Waals surface area contributed by atoms with Crippen molar-refractivity contribution in [2.24, 2.45) is 0 Å². The van der Waals surface area contributed by atoms with Crippen LogP contribution in [0.1, 0.15) is 23.1 Å². The van der Waals surface area contributed by atoms with E-state index in [1.165, 1.54) is 6.07 Å². The van der Waals surface area contributed by atoms with Gasteiger partial charge in [-0.25, -0.2) is 18.7 Å². The second kappa shape index (κ2) is 7.63. The molecule has 0 saturated carbocycles. The van der Waals surface area contributed by atoms with Crippen molar-refractivity contribution < 1.29 is 13.6 Å². The van der Waals surface area contributed by atoms with E-state index >= 15 is 0 Å². The molecule has 1 aliphatic heterocycles. The van der Waals surface area contributed by atoms with Crippen LogP contribution in [0.5, 0.6) is 0 Å². The maximum atomic E-state index is 13.4. The third kappa shape index (κ3) is 3.89. The molecule has 26 heavy (non-hydrogen) atoms. The fourth-order valence-corrected chi connectivity index (χ4v) is 2.94. The van der Waals surface area contributed by atoms with E-state index in [0.29, 0.717) is 32.0 Å². The van der Waals surface area contributed by atoms with Gasteiger partial charge in [-0.3, -0.25) is 4.79 Å². The van der Waals surface area contributed by atoms with E-state index in [2.05, 4.69) is 20.2 Å². The van der Waals surface area contributed by atoms with Crippen molar-refractivity contribution in [2.45, 2.75) is 13.8 Å². The Morgan fingerprint density at radius 1 is 1.12 bits per heavy atom. The number of benzene rings is 1. The lowest BCUT2D eigenvalue weighted by atomic mass is 10.1. The van der Waals surface area contributed by atoms with Gasteiger partial charge in [-0.05, 0) is 32.0 Å². The Kier molecular flexibility index (Phi) is 5.29. The van der Waals surface area contributed by atoms with Crippen LogP contribution < -0.4 is 10.2 Å². The molecule has 0 spiro atoms. The summed E-state index contributed by atoms with van der Waals surface area (Å²) >= 11 is 0. The second-order valence-electron chi connectivity index (χ2n) is 6.10. The number of aryl methyl sites for hydroxylation is 1. The third-order valence-corrected chi connectivity index (χ3v) is 4.24. The van der Waals surface area contributed by atoms with E-state index in [-0.39, 0.29) is 11.5 Å². The summed E-state index contributed by atoms with van der Waals surface area (Å²) in [5.41, 5.74) is 0.157. The Labute approximate surface area is 150 Å². The molecule has 0 atom stereocenters. The molecule has 1 aromatic heterocycles. The molecule has 1 saturated heterocycles. The molecule has 3 rings (SSSR count). The number of hydrogen-bond donors (Lipinski definition) is 1. The monoisotopic (exact) mass is 361 g/mol. The normalized spacial score (nSPS) is 14.5. The number of hydrogen-bond acceptors (Lipinski definition) is 5. The molecule has 138 valence electrons. The zero-order valence-corrected chi connectivity index (χ0v) is 14.8. The number of piperazine rings is 1. The first-order valence-corrected chi connectivity index (χ1v) is 8.56. The highest BCUT2D eigenvalue weighted by atomic mass is 19.2. The molecule has 0 aliphatic carbocycles. The molecular weight excluding hydrogens is 340 g/mol. The fraction of sp³-hybridized carbons (Fsp3) is 0.389. The summed E-state index contributed by atoms with van der Waals surface area (Å²) in [7, 11) is 0. The van der Waals surface area contributed by atoms with Crippen LogP contribution in [0, 0.1) is 18.6 Å². The molecule has 0 unspecified atom stereocenters. The maximum Gasteiger partial charge on any atom is 0.254 e. The quantitative estimate of drug-likeness (QED) is 0.906. The number of aromatic nitrogens is 2. The van der Waals surface area contributed by atoms with E-state index < -0.39 is 11.6 Å². The fourth-order valence-electron chi connectivity index (χ4n) is 2.94. The van der Waals surface area contributed by atoms with E-state index in [9.17, 15) is 13.6 Å². The average Bonchev–Trinajstić information content (AvgIpc) is 2.63. The van der Waals surface area contributed by atoms with Gasteiger partial charge in [0.1, 0.15) is 17.5 Å². The van der Waals surface area contributed by atoms with Gasteiger partial charge in [0.15, 0.2) is 11.6 Å². The number of halogens is 2. The topological polar surface area (TPSA) is 61.4 Å². The van der Waals surface area contributed by atoms with Gasteiger partial charge < -0.3 is 15.1 Å². The van der Waals surface area contributed by atoms with E-state index in [0.717, 1.165) is 30.3 Å². The van der Waals surface area contributed by atoms with Crippen molar-refractivity contribution in [3.8, 4) is 0 Å². The summed E-state index contributed by atoms with van der Waals surface area (Å²) in [4.78, 5) is 25.0. The summed E-state index contributed by atoms with van der Waals surface area (Å²) in [5.74, 6) is 0.00191. The van der Waals surface area contributed by atoms with Crippen LogP contribution >= 0.6 is 0 Å². The lowest BCUT2D eigenvalue weighted by Gasteiger charge is -2.35. The van der Waals surface area contributed by atoms with Crippen molar-refractivity contribution in [2.75, 3.05) is 42.9 Å². The molecular formula is C18H21F2N5O. The molecule has 1 aliphatic rings. The SMILES string of the molecule is CCNc1cc(N2CCN(C(=O)c3ccc(F)c(F)c3)CC2)nc(C)n1. The molecule has 2 heterocycles. The van der Waals surface area contributed by atoms with Gasteiger partial charge in [-0.15, -0.1) is 0 Å². The zero-order chi connectivity index (χ0) is 18.7. The second-order valence-corrected chi connectivity index (χ2v) is 6.10. The number of nitrogens with zero attached hydrogens (tertiary/aromatic N) is 4. The van der Waals surface area contributed by atoms with Crippen LogP contribution in [0.25, 0.3) is 0 Å². The predicted octanol–water partition coefficient (Wildman–Crippen LogP) is 2.46. The highest BCUT2D eigenvalue weighted by molar-refractivity contribution is 5.94. The summed E-state index contributed by atoms with van der Waals surface area (Å²) in [5, 5.41) is 3.18. The number of anilines is 2. The third-order valence-electron chi connectivity index (χ3n) is 4.24. The van der Waals surface area contributed by atoms with E-state index in [4.69, 9.17) is 0 Å². The van der Waals surface area contributed by atoms with Gasteiger partial charge in [0.2, 0.25) is 0 Å². The minimum atomic E-state index is -1.01. The van der Waals surface area contributed by atoms with Crippen molar-refractivity contribution in [1.82, 2.24) is 14.9 Å². The largest absolute Gasteiger partial charge is 0.370 e. The van der Waals surface area contributed by atoms with Crippen molar-refractivity contribution in [3.05, 3.63) is 47.3 Å². The molecule has 1 N–H and O–H groups in total. The standard InChI is InChI=1S/C18H21F2N5O/c1-3-21-16-11-17(23-12(2)22-16)24-6-8-25(9-7-24)18(26)13-4-5-14(19)15(20)10-13/h4-5,10-11H,3,6-9H2,1-2H3,(H,21,22,23). The number of rotatable bonds is 4. The predicted molar refractivity (Wildman–Crippen MR) is 95.4 cm³/mol.